The molecule has 2 aromatic carbocycles. The largest absolute Gasteiger partial charge is 0.489 e. The molecule has 20 heavy (non-hydrogen) atoms. The number of nitrogens with two attached hydrogens (primary N) is 2. The minimum atomic E-state index is -0.0229. The smallest absolute Gasteiger partial charge is 0.120 e. The van der Waals surface area contributed by atoms with E-state index in [1.165, 1.54) is 0 Å². The maximum absolute atomic E-state index is 6.05. The van der Waals surface area contributed by atoms with Crippen molar-refractivity contribution >= 4 is 12.4 Å². The van der Waals surface area contributed by atoms with Crippen LogP contribution in [0.15, 0.2) is 54.6 Å². The van der Waals surface area contributed by atoms with E-state index in [0.29, 0.717) is 13.2 Å². The summed E-state index contributed by atoms with van der Waals surface area (Å²) in [5, 5.41) is 0. The van der Waals surface area contributed by atoms with Crippen LogP contribution < -0.4 is 16.2 Å². The van der Waals surface area contributed by atoms with Gasteiger partial charge in [0.1, 0.15) is 12.4 Å². The van der Waals surface area contributed by atoms with Gasteiger partial charge < -0.3 is 16.2 Å². The molecule has 2 rings (SSSR count). The van der Waals surface area contributed by atoms with Gasteiger partial charge in [0.25, 0.3) is 0 Å². The fourth-order valence-electron chi connectivity index (χ4n) is 1.92. The Bertz CT molecular complexity index is 505. The molecule has 3 nitrogen and oxygen atoms in total. The molecule has 0 heterocycles. The third-order valence-corrected chi connectivity index (χ3v) is 3.01. The number of ether oxygens (including phenoxy) is 1. The van der Waals surface area contributed by atoms with E-state index < -0.39 is 0 Å². The van der Waals surface area contributed by atoms with Crippen molar-refractivity contribution in [3.63, 3.8) is 0 Å². The summed E-state index contributed by atoms with van der Waals surface area (Å²) in [4.78, 5) is 0. The highest BCUT2D eigenvalue weighted by Gasteiger charge is 2.06. The van der Waals surface area contributed by atoms with E-state index in [1.807, 2.05) is 54.6 Å². The molecule has 0 amide bonds. The van der Waals surface area contributed by atoms with Crippen LogP contribution >= 0.6 is 12.4 Å². The lowest BCUT2D eigenvalue weighted by Gasteiger charge is -2.13. The van der Waals surface area contributed by atoms with Gasteiger partial charge in [0.2, 0.25) is 0 Å². The van der Waals surface area contributed by atoms with Crippen LogP contribution in [0.1, 0.15) is 23.6 Å². The normalized spacial score (nSPS) is 11.5. The van der Waals surface area contributed by atoms with Gasteiger partial charge >= 0.3 is 0 Å². The Morgan fingerprint density at radius 1 is 1.00 bits per heavy atom. The molecule has 108 valence electrons. The Kier molecular flexibility index (Phi) is 7.09. The predicted molar refractivity (Wildman–Crippen MR) is 85.1 cm³/mol. The van der Waals surface area contributed by atoms with E-state index in [0.717, 1.165) is 23.3 Å². The van der Waals surface area contributed by atoms with Crippen LogP contribution in [0.2, 0.25) is 0 Å². The summed E-state index contributed by atoms with van der Waals surface area (Å²) in [7, 11) is 0. The van der Waals surface area contributed by atoms with Gasteiger partial charge in [-0.25, -0.2) is 0 Å². The predicted octanol–water partition coefficient (Wildman–Crippen LogP) is 3.04. The van der Waals surface area contributed by atoms with Gasteiger partial charge in [-0.05, 0) is 36.2 Å². The maximum Gasteiger partial charge on any atom is 0.120 e. The summed E-state index contributed by atoms with van der Waals surface area (Å²) in [5.41, 5.74) is 13.8. The SMILES string of the molecule is Cl.NCC[C@H](N)c1cccc(OCc2ccccc2)c1. The third-order valence-electron chi connectivity index (χ3n) is 3.01. The Labute approximate surface area is 126 Å². The highest BCUT2D eigenvalue weighted by atomic mass is 35.5. The molecule has 0 unspecified atom stereocenters. The van der Waals surface area contributed by atoms with Crippen molar-refractivity contribution < 1.29 is 4.74 Å². The van der Waals surface area contributed by atoms with Crippen molar-refractivity contribution in [1.29, 1.82) is 0 Å². The summed E-state index contributed by atoms with van der Waals surface area (Å²) in [6, 6.07) is 18.0. The van der Waals surface area contributed by atoms with E-state index in [1.54, 1.807) is 0 Å². The first kappa shape index (κ1) is 16.5. The molecular weight excluding hydrogens is 272 g/mol. The monoisotopic (exact) mass is 292 g/mol. The van der Waals surface area contributed by atoms with Crippen LogP contribution in [0.25, 0.3) is 0 Å². The van der Waals surface area contributed by atoms with Crippen molar-refractivity contribution in [2.24, 2.45) is 11.5 Å². The molecule has 0 saturated heterocycles. The summed E-state index contributed by atoms with van der Waals surface area (Å²) >= 11 is 0. The van der Waals surface area contributed by atoms with Crippen LogP contribution in [0.4, 0.5) is 0 Å². The molecule has 0 bridgehead atoms. The minimum absolute atomic E-state index is 0. The van der Waals surface area contributed by atoms with Crippen LogP contribution in [-0.4, -0.2) is 6.54 Å². The van der Waals surface area contributed by atoms with Crippen LogP contribution in [0, 0.1) is 0 Å². The second kappa shape index (κ2) is 8.59. The molecule has 0 fully saturated rings. The summed E-state index contributed by atoms with van der Waals surface area (Å²) in [6.07, 6.45) is 0.780. The standard InChI is InChI=1S/C16H20N2O.ClH/c17-10-9-16(18)14-7-4-8-15(11-14)19-12-13-5-2-1-3-6-13;/h1-8,11,16H,9-10,12,17-18H2;1H/t16-;/m0./s1. The molecule has 0 radical (unpaired) electrons. The molecule has 2 aromatic rings. The first-order valence-corrected chi connectivity index (χ1v) is 6.52. The van der Waals surface area contributed by atoms with Crippen molar-refractivity contribution in [3.05, 3.63) is 65.7 Å². The Balaban J connectivity index is 0.00000200. The number of rotatable bonds is 6. The van der Waals surface area contributed by atoms with Gasteiger partial charge in [-0.2, -0.15) is 0 Å². The molecule has 0 aliphatic heterocycles. The van der Waals surface area contributed by atoms with Gasteiger partial charge in [-0.1, -0.05) is 42.5 Å². The van der Waals surface area contributed by atoms with E-state index in [4.69, 9.17) is 16.2 Å². The number of hydrogen-bond acceptors (Lipinski definition) is 3. The summed E-state index contributed by atoms with van der Waals surface area (Å²) < 4.78 is 5.77. The number of benzene rings is 2. The van der Waals surface area contributed by atoms with Crippen molar-refractivity contribution in [2.75, 3.05) is 6.54 Å². The Morgan fingerprint density at radius 2 is 1.75 bits per heavy atom. The van der Waals surface area contributed by atoms with Gasteiger partial charge in [-0.15, -0.1) is 12.4 Å². The maximum atomic E-state index is 6.05. The Hall–Kier alpha value is -1.55. The van der Waals surface area contributed by atoms with Crippen LogP contribution in [0.3, 0.4) is 0 Å². The molecule has 0 saturated carbocycles. The molecule has 4 heteroatoms. The van der Waals surface area contributed by atoms with Crippen LogP contribution in [-0.2, 0) is 6.61 Å². The zero-order valence-corrected chi connectivity index (χ0v) is 12.2. The van der Waals surface area contributed by atoms with Crippen molar-refractivity contribution in [1.82, 2.24) is 0 Å². The first-order valence-electron chi connectivity index (χ1n) is 6.52. The van der Waals surface area contributed by atoms with Crippen molar-refractivity contribution in [2.45, 2.75) is 19.1 Å². The Morgan fingerprint density at radius 3 is 2.45 bits per heavy atom. The molecule has 0 aliphatic carbocycles. The first-order chi connectivity index (χ1) is 9.29. The van der Waals surface area contributed by atoms with E-state index in [-0.39, 0.29) is 18.4 Å². The fourth-order valence-corrected chi connectivity index (χ4v) is 1.92. The van der Waals surface area contributed by atoms with E-state index in [2.05, 4.69) is 0 Å². The number of halogens is 1. The fraction of sp³-hybridized carbons (Fsp3) is 0.250. The summed E-state index contributed by atoms with van der Waals surface area (Å²) in [5.74, 6) is 0.842. The van der Waals surface area contributed by atoms with Crippen molar-refractivity contribution in [3.8, 4) is 5.75 Å². The molecule has 0 spiro atoms. The average molecular weight is 293 g/mol. The molecular formula is C16H21ClN2O. The van der Waals surface area contributed by atoms with E-state index >= 15 is 0 Å². The lowest BCUT2D eigenvalue weighted by molar-refractivity contribution is 0.305. The molecule has 0 aliphatic rings. The summed E-state index contributed by atoms with van der Waals surface area (Å²) in [6.45, 7) is 1.16. The van der Waals surface area contributed by atoms with Crippen LogP contribution in [0.5, 0.6) is 5.75 Å². The highest BCUT2D eigenvalue weighted by Crippen LogP contribution is 2.20. The minimum Gasteiger partial charge on any atom is -0.489 e. The third kappa shape index (κ3) is 4.85. The zero-order valence-electron chi connectivity index (χ0n) is 11.4. The molecule has 0 aromatic heterocycles. The number of hydrogen-bond donors (Lipinski definition) is 2. The molecule has 1 atom stereocenters. The second-order valence-electron chi connectivity index (χ2n) is 4.53. The highest BCUT2D eigenvalue weighted by molar-refractivity contribution is 5.85. The second-order valence-corrected chi connectivity index (χ2v) is 4.53. The van der Waals surface area contributed by atoms with Gasteiger partial charge in [0, 0.05) is 6.04 Å². The topological polar surface area (TPSA) is 61.3 Å². The van der Waals surface area contributed by atoms with E-state index in [9.17, 15) is 0 Å². The average Bonchev–Trinajstić information content (AvgIpc) is 2.47. The van der Waals surface area contributed by atoms with Gasteiger partial charge in [0.05, 0.1) is 0 Å². The quantitative estimate of drug-likeness (QED) is 0.860. The van der Waals surface area contributed by atoms with Gasteiger partial charge in [0.15, 0.2) is 0 Å². The molecule has 4 N–H and O–H groups in total. The van der Waals surface area contributed by atoms with Gasteiger partial charge in [-0.3, -0.25) is 0 Å². The lowest BCUT2D eigenvalue weighted by Crippen LogP contribution is -2.15. The lowest BCUT2D eigenvalue weighted by atomic mass is 10.0. The zero-order chi connectivity index (χ0) is 13.5.